The van der Waals surface area contributed by atoms with Crippen molar-refractivity contribution < 1.29 is 0 Å². The maximum Gasteiger partial charge on any atom is 0.145 e. The summed E-state index contributed by atoms with van der Waals surface area (Å²) in [6.45, 7) is 0. The molecule has 4 heteroatoms. The molecule has 0 N–H and O–H groups in total. The summed E-state index contributed by atoms with van der Waals surface area (Å²) in [6, 6.07) is 33.8. The Kier molecular flexibility index (Phi) is 4.44. The number of hydrogen-bond donors (Lipinski definition) is 0. The molecule has 0 aliphatic carbocycles. The lowest BCUT2D eigenvalue weighted by Gasteiger charge is -2.12. The summed E-state index contributed by atoms with van der Waals surface area (Å²) < 4.78 is 4.31. The Morgan fingerprint density at radius 1 is 0.613 bits per heavy atom. The summed E-state index contributed by atoms with van der Waals surface area (Å²) >= 11 is 7.76. The fourth-order valence-corrected chi connectivity index (χ4v) is 5.58. The van der Waals surface area contributed by atoms with Gasteiger partial charge < -0.3 is 0 Å². The number of hydrogen-bond acceptors (Lipinski definition) is 1. The normalized spacial score (nSPS) is 11.5. The predicted molar refractivity (Wildman–Crippen MR) is 137 cm³/mol. The largest absolute Gasteiger partial charge is 0.291 e. The molecule has 6 aromatic rings. The molecular formula is C27H16Br2N2. The number of rotatable bonds is 2. The highest BCUT2D eigenvalue weighted by Crippen LogP contribution is 2.42. The number of nitrogens with zero attached hydrogens (tertiary/aromatic N) is 2. The van der Waals surface area contributed by atoms with Crippen molar-refractivity contribution in [3.8, 4) is 17.1 Å². The molecule has 0 aliphatic heterocycles. The van der Waals surface area contributed by atoms with Gasteiger partial charge in [0, 0.05) is 11.3 Å². The molecule has 2 nitrogen and oxygen atoms in total. The smallest absolute Gasteiger partial charge is 0.145 e. The highest BCUT2D eigenvalue weighted by molar-refractivity contribution is 9.11. The molecule has 0 saturated carbocycles. The van der Waals surface area contributed by atoms with Gasteiger partial charge in [-0.1, -0.05) is 78.9 Å². The van der Waals surface area contributed by atoms with E-state index in [0.29, 0.717) is 0 Å². The van der Waals surface area contributed by atoms with Gasteiger partial charge in [-0.3, -0.25) is 4.57 Å². The molecular weight excluding hydrogens is 512 g/mol. The number of aromatic nitrogens is 2. The molecule has 1 heterocycles. The summed E-state index contributed by atoms with van der Waals surface area (Å²) in [5.41, 5.74) is 4.16. The van der Waals surface area contributed by atoms with Crippen LogP contribution in [0, 0.1) is 0 Å². The molecule has 148 valence electrons. The minimum Gasteiger partial charge on any atom is -0.291 e. The third-order valence-electron chi connectivity index (χ3n) is 5.72. The zero-order chi connectivity index (χ0) is 20.9. The maximum absolute atomic E-state index is 5.16. The van der Waals surface area contributed by atoms with Crippen LogP contribution in [0.15, 0.2) is 106 Å². The number of para-hydroxylation sites is 1. The molecule has 0 spiro atoms. The highest BCUT2D eigenvalue weighted by Gasteiger charge is 2.21. The van der Waals surface area contributed by atoms with Crippen molar-refractivity contribution in [3.05, 3.63) is 106 Å². The van der Waals surface area contributed by atoms with Crippen LogP contribution in [-0.4, -0.2) is 9.55 Å². The van der Waals surface area contributed by atoms with Gasteiger partial charge in [0.1, 0.15) is 11.3 Å². The number of halogens is 2. The molecule has 0 fully saturated rings. The zero-order valence-electron chi connectivity index (χ0n) is 16.4. The van der Waals surface area contributed by atoms with E-state index in [1.54, 1.807) is 0 Å². The molecule has 0 bridgehead atoms. The van der Waals surface area contributed by atoms with E-state index in [-0.39, 0.29) is 0 Å². The van der Waals surface area contributed by atoms with Crippen LogP contribution in [0.2, 0.25) is 0 Å². The average Bonchev–Trinajstić information content (AvgIpc) is 3.24. The van der Waals surface area contributed by atoms with Crippen LogP contribution in [0.1, 0.15) is 0 Å². The van der Waals surface area contributed by atoms with Gasteiger partial charge in [-0.25, -0.2) is 4.98 Å². The van der Waals surface area contributed by atoms with Crippen LogP contribution in [0.3, 0.4) is 0 Å². The van der Waals surface area contributed by atoms with Crippen LogP contribution < -0.4 is 0 Å². The lowest BCUT2D eigenvalue weighted by Crippen LogP contribution is -1.98. The SMILES string of the molecule is Brc1c2ccccc2c(Br)c2c1nc(-c1ccc3ccccc3c1)n2-c1ccccc1. The first-order chi connectivity index (χ1) is 15.2. The van der Waals surface area contributed by atoms with Crippen LogP contribution in [0.5, 0.6) is 0 Å². The van der Waals surface area contributed by atoms with E-state index in [9.17, 15) is 0 Å². The van der Waals surface area contributed by atoms with E-state index < -0.39 is 0 Å². The summed E-state index contributed by atoms with van der Waals surface area (Å²) in [6.07, 6.45) is 0. The van der Waals surface area contributed by atoms with Crippen LogP contribution in [-0.2, 0) is 0 Å². The van der Waals surface area contributed by atoms with Gasteiger partial charge in [-0.2, -0.15) is 0 Å². The Labute approximate surface area is 196 Å². The number of benzene rings is 5. The Hall–Kier alpha value is -2.95. The average molecular weight is 528 g/mol. The molecule has 5 aromatic carbocycles. The van der Waals surface area contributed by atoms with Crippen LogP contribution in [0.25, 0.3) is 49.7 Å². The molecule has 0 amide bonds. The summed E-state index contributed by atoms with van der Waals surface area (Å²) in [7, 11) is 0. The third-order valence-corrected chi connectivity index (χ3v) is 7.32. The Morgan fingerprint density at radius 3 is 2.03 bits per heavy atom. The second kappa shape index (κ2) is 7.33. The van der Waals surface area contributed by atoms with Crippen molar-refractivity contribution in [1.29, 1.82) is 0 Å². The van der Waals surface area contributed by atoms with E-state index >= 15 is 0 Å². The van der Waals surface area contributed by atoms with Gasteiger partial charge in [-0.05, 0) is 71.6 Å². The molecule has 6 rings (SSSR count). The first-order valence-electron chi connectivity index (χ1n) is 10.0. The van der Waals surface area contributed by atoms with Gasteiger partial charge in [0.25, 0.3) is 0 Å². The fraction of sp³-hybridized carbons (Fsp3) is 0. The summed E-state index contributed by atoms with van der Waals surface area (Å²) in [4.78, 5) is 5.16. The van der Waals surface area contributed by atoms with Crippen molar-refractivity contribution in [2.45, 2.75) is 0 Å². The van der Waals surface area contributed by atoms with Crippen molar-refractivity contribution in [1.82, 2.24) is 9.55 Å². The quantitative estimate of drug-likeness (QED) is 0.220. The van der Waals surface area contributed by atoms with Crippen LogP contribution >= 0.6 is 31.9 Å². The molecule has 1 aromatic heterocycles. The zero-order valence-corrected chi connectivity index (χ0v) is 19.6. The van der Waals surface area contributed by atoms with Crippen molar-refractivity contribution in [2.24, 2.45) is 0 Å². The Balaban J connectivity index is 1.77. The molecule has 0 unspecified atom stereocenters. The van der Waals surface area contributed by atoms with E-state index in [0.717, 1.165) is 47.8 Å². The number of imidazole rings is 1. The summed E-state index contributed by atoms with van der Waals surface area (Å²) in [5.74, 6) is 0.920. The topological polar surface area (TPSA) is 17.8 Å². The van der Waals surface area contributed by atoms with Gasteiger partial charge >= 0.3 is 0 Å². The molecule has 0 radical (unpaired) electrons. The second-order valence-electron chi connectivity index (χ2n) is 7.54. The van der Waals surface area contributed by atoms with Crippen molar-refractivity contribution >= 4 is 64.4 Å². The van der Waals surface area contributed by atoms with Gasteiger partial charge in [0.05, 0.1) is 14.5 Å². The third kappa shape index (κ3) is 2.93. The molecule has 31 heavy (non-hydrogen) atoms. The lowest BCUT2D eigenvalue weighted by atomic mass is 10.1. The minimum absolute atomic E-state index is 0.920. The molecule has 0 atom stereocenters. The fourth-order valence-electron chi connectivity index (χ4n) is 4.25. The highest BCUT2D eigenvalue weighted by atomic mass is 79.9. The first kappa shape index (κ1) is 18.8. The van der Waals surface area contributed by atoms with E-state index in [1.807, 2.05) is 6.07 Å². The van der Waals surface area contributed by atoms with E-state index in [2.05, 4.69) is 127 Å². The van der Waals surface area contributed by atoms with Crippen LogP contribution in [0.4, 0.5) is 0 Å². The van der Waals surface area contributed by atoms with Gasteiger partial charge in [0.2, 0.25) is 0 Å². The molecule has 0 saturated heterocycles. The van der Waals surface area contributed by atoms with Gasteiger partial charge in [0.15, 0.2) is 0 Å². The minimum atomic E-state index is 0.920. The van der Waals surface area contributed by atoms with E-state index in [1.165, 1.54) is 10.8 Å². The first-order valence-corrected chi connectivity index (χ1v) is 11.6. The van der Waals surface area contributed by atoms with Crippen molar-refractivity contribution in [3.63, 3.8) is 0 Å². The van der Waals surface area contributed by atoms with Crippen molar-refractivity contribution in [2.75, 3.05) is 0 Å². The Morgan fingerprint density at radius 2 is 1.26 bits per heavy atom. The Bertz CT molecular complexity index is 1600. The second-order valence-corrected chi connectivity index (χ2v) is 9.13. The van der Waals surface area contributed by atoms with E-state index in [4.69, 9.17) is 4.98 Å². The lowest BCUT2D eigenvalue weighted by molar-refractivity contribution is 1.10. The number of fused-ring (bicyclic) bond motifs is 3. The van der Waals surface area contributed by atoms with Gasteiger partial charge in [-0.15, -0.1) is 0 Å². The predicted octanol–water partition coefficient (Wildman–Crippen LogP) is 8.52. The summed E-state index contributed by atoms with van der Waals surface area (Å²) in [5, 5.41) is 4.73. The maximum atomic E-state index is 5.16. The monoisotopic (exact) mass is 526 g/mol. The standard InChI is InChI=1S/C27H16Br2N2/c28-23-21-12-6-7-13-22(21)24(29)26-25(23)30-27(31(26)20-10-2-1-3-11-20)19-15-14-17-8-4-5-9-18(17)16-19/h1-16H. The molecule has 0 aliphatic rings.